The largest absolute Gasteiger partial charge is 0.394 e. The number of nitrogens with one attached hydrogen (secondary N) is 1. The Bertz CT molecular complexity index is 597. The van der Waals surface area contributed by atoms with Crippen LogP contribution < -0.4 is 11.1 Å². The standard InChI is InChI=1S/C16H24N4/c1-10(2)12-7-6-8-13(9-12)18-16-14(17)15(11(3)4)19-20(16)5/h6-11,18H,17H2,1-5H3. The first kappa shape index (κ1) is 14.4. The van der Waals surface area contributed by atoms with Crippen molar-refractivity contribution in [1.29, 1.82) is 0 Å². The lowest BCUT2D eigenvalue weighted by Crippen LogP contribution is -2.02. The van der Waals surface area contributed by atoms with Crippen LogP contribution in [-0.2, 0) is 7.05 Å². The Morgan fingerprint density at radius 3 is 2.40 bits per heavy atom. The van der Waals surface area contributed by atoms with E-state index >= 15 is 0 Å². The Labute approximate surface area is 121 Å². The third-order valence-corrected chi connectivity index (χ3v) is 3.48. The van der Waals surface area contributed by atoms with Gasteiger partial charge in [-0.25, -0.2) is 0 Å². The van der Waals surface area contributed by atoms with Crippen LogP contribution in [0, 0.1) is 0 Å². The minimum atomic E-state index is 0.318. The molecule has 2 aromatic rings. The number of aromatic nitrogens is 2. The molecule has 0 aliphatic carbocycles. The second-order valence-electron chi connectivity index (χ2n) is 5.83. The van der Waals surface area contributed by atoms with Gasteiger partial charge in [0.2, 0.25) is 0 Å². The van der Waals surface area contributed by atoms with Crippen LogP contribution in [0.25, 0.3) is 0 Å². The molecular formula is C16H24N4. The molecule has 0 bridgehead atoms. The molecule has 0 aliphatic heterocycles. The zero-order valence-electron chi connectivity index (χ0n) is 12.9. The van der Waals surface area contributed by atoms with Crippen LogP contribution in [0.2, 0.25) is 0 Å². The number of anilines is 3. The molecule has 1 aromatic heterocycles. The summed E-state index contributed by atoms with van der Waals surface area (Å²) in [4.78, 5) is 0. The van der Waals surface area contributed by atoms with E-state index in [1.165, 1.54) is 5.56 Å². The van der Waals surface area contributed by atoms with Crippen LogP contribution in [0.3, 0.4) is 0 Å². The number of hydrogen-bond donors (Lipinski definition) is 2. The van der Waals surface area contributed by atoms with E-state index in [-0.39, 0.29) is 0 Å². The predicted molar refractivity (Wildman–Crippen MR) is 85.5 cm³/mol. The number of nitrogens with two attached hydrogens (primary N) is 1. The number of rotatable bonds is 4. The van der Waals surface area contributed by atoms with Crippen molar-refractivity contribution in [2.75, 3.05) is 11.1 Å². The van der Waals surface area contributed by atoms with Gasteiger partial charge in [0.25, 0.3) is 0 Å². The monoisotopic (exact) mass is 272 g/mol. The summed E-state index contributed by atoms with van der Waals surface area (Å²) >= 11 is 0. The molecule has 0 saturated heterocycles. The van der Waals surface area contributed by atoms with E-state index in [1.807, 2.05) is 17.8 Å². The molecule has 20 heavy (non-hydrogen) atoms. The average molecular weight is 272 g/mol. The molecule has 1 aromatic carbocycles. The van der Waals surface area contributed by atoms with Crippen molar-refractivity contribution in [3.63, 3.8) is 0 Å². The molecule has 0 fully saturated rings. The molecule has 3 N–H and O–H groups in total. The topological polar surface area (TPSA) is 55.9 Å². The molecule has 0 saturated carbocycles. The fourth-order valence-corrected chi connectivity index (χ4v) is 2.25. The Hall–Kier alpha value is -1.97. The summed E-state index contributed by atoms with van der Waals surface area (Å²) < 4.78 is 1.81. The zero-order valence-corrected chi connectivity index (χ0v) is 12.9. The average Bonchev–Trinajstić information content (AvgIpc) is 2.67. The summed E-state index contributed by atoms with van der Waals surface area (Å²) in [5, 5.41) is 7.88. The highest BCUT2D eigenvalue weighted by Gasteiger charge is 2.16. The number of nitrogens with zero attached hydrogens (tertiary/aromatic N) is 2. The summed E-state index contributed by atoms with van der Waals surface area (Å²) in [5.41, 5.74) is 10.2. The minimum Gasteiger partial charge on any atom is -0.394 e. The molecule has 0 unspecified atom stereocenters. The van der Waals surface area contributed by atoms with Crippen molar-refractivity contribution in [2.45, 2.75) is 39.5 Å². The van der Waals surface area contributed by atoms with Crippen LogP contribution in [0.1, 0.15) is 50.8 Å². The van der Waals surface area contributed by atoms with E-state index < -0.39 is 0 Å². The van der Waals surface area contributed by atoms with E-state index in [0.717, 1.165) is 22.9 Å². The Kier molecular flexibility index (Phi) is 4.02. The molecule has 0 spiro atoms. The zero-order chi connectivity index (χ0) is 14.9. The van der Waals surface area contributed by atoms with Crippen LogP contribution in [0.4, 0.5) is 17.2 Å². The van der Waals surface area contributed by atoms with E-state index in [2.05, 4.69) is 56.3 Å². The summed E-state index contributed by atoms with van der Waals surface area (Å²) in [6.07, 6.45) is 0. The summed E-state index contributed by atoms with van der Waals surface area (Å²) in [6.45, 7) is 8.58. The van der Waals surface area contributed by atoms with Gasteiger partial charge in [-0.3, -0.25) is 4.68 Å². The van der Waals surface area contributed by atoms with Gasteiger partial charge in [-0.15, -0.1) is 0 Å². The minimum absolute atomic E-state index is 0.318. The maximum absolute atomic E-state index is 6.20. The first-order valence-electron chi connectivity index (χ1n) is 7.09. The highest BCUT2D eigenvalue weighted by atomic mass is 15.3. The first-order valence-corrected chi connectivity index (χ1v) is 7.09. The Morgan fingerprint density at radius 1 is 1.15 bits per heavy atom. The van der Waals surface area contributed by atoms with Gasteiger partial charge in [-0.1, -0.05) is 39.8 Å². The quantitative estimate of drug-likeness (QED) is 0.884. The second-order valence-corrected chi connectivity index (χ2v) is 5.83. The lowest BCUT2D eigenvalue weighted by molar-refractivity contribution is 0.718. The molecule has 1 heterocycles. The fourth-order valence-electron chi connectivity index (χ4n) is 2.25. The predicted octanol–water partition coefficient (Wildman–Crippen LogP) is 3.99. The van der Waals surface area contributed by atoms with Crippen LogP contribution in [0.15, 0.2) is 24.3 Å². The first-order chi connectivity index (χ1) is 9.40. The Balaban J connectivity index is 2.33. The fraction of sp³-hybridized carbons (Fsp3) is 0.438. The van der Waals surface area contributed by atoms with Crippen LogP contribution in [-0.4, -0.2) is 9.78 Å². The highest BCUT2D eigenvalue weighted by Crippen LogP contribution is 2.30. The Morgan fingerprint density at radius 2 is 1.85 bits per heavy atom. The number of hydrogen-bond acceptors (Lipinski definition) is 3. The van der Waals surface area contributed by atoms with Gasteiger partial charge in [0.05, 0.1) is 11.4 Å². The molecular weight excluding hydrogens is 248 g/mol. The van der Waals surface area contributed by atoms with Gasteiger partial charge < -0.3 is 11.1 Å². The van der Waals surface area contributed by atoms with Crippen molar-refractivity contribution in [1.82, 2.24) is 9.78 Å². The van der Waals surface area contributed by atoms with Gasteiger partial charge >= 0.3 is 0 Å². The SMILES string of the molecule is CC(C)c1cccc(Nc2c(N)c(C(C)C)nn2C)c1. The molecule has 0 amide bonds. The maximum Gasteiger partial charge on any atom is 0.152 e. The summed E-state index contributed by atoms with van der Waals surface area (Å²) in [6, 6.07) is 8.41. The van der Waals surface area contributed by atoms with Gasteiger partial charge in [0.1, 0.15) is 0 Å². The van der Waals surface area contributed by atoms with E-state index in [0.29, 0.717) is 11.8 Å². The van der Waals surface area contributed by atoms with Gasteiger partial charge in [0, 0.05) is 12.7 Å². The van der Waals surface area contributed by atoms with Crippen molar-refractivity contribution in [2.24, 2.45) is 7.05 Å². The molecule has 0 radical (unpaired) electrons. The van der Waals surface area contributed by atoms with E-state index in [9.17, 15) is 0 Å². The third-order valence-electron chi connectivity index (χ3n) is 3.48. The molecule has 4 heteroatoms. The van der Waals surface area contributed by atoms with Gasteiger partial charge in [-0.2, -0.15) is 5.10 Å². The lowest BCUT2D eigenvalue weighted by atomic mass is 10.0. The lowest BCUT2D eigenvalue weighted by Gasteiger charge is -2.11. The summed E-state index contributed by atoms with van der Waals surface area (Å²) in [5.74, 6) is 1.68. The number of benzene rings is 1. The van der Waals surface area contributed by atoms with E-state index in [1.54, 1.807) is 0 Å². The van der Waals surface area contributed by atoms with Crippen molar-refractivity contribution in [3.05, 3.63) is 35.5 Å². The highest BCUT2D eigenvalue weighted by molar-refractivity contribution is 5.72. The van der Waals surface area contributed by atoms with Gasteiger partial charge in [-0.05, 0) is 29.5 Å². The second kappa shape index (κ2) is 5.57. The molecule has 2 rings (SSSR count). The summed E-state index contributed by atoms with van der Waals surface area (Å²) in [7, 11) is 1.91. The van der Waals surface area contributed by atoms with Crippen LogP contribution >= 0.6 is 0 Å². The van der Waals surface area contributed by atoms with Crippen molar-refractivity contribution >= 4 is 17.2 Å². The van der Waals surface area contributed by atoms with E-state index in [4.69, 9.17) is 5.73 Å². The van der Waals surface area contributed by atoms with Crippen LogP contribution in [0.5, 0.6) is 0 Å². The van der Waals surface area contributed by atoms with Gasteiger partial charge in [0.15, 0.2) is 5.82 Å². The number of nitrogen functional groups attached to an aromatic ring is 1. The normalized spacial score (nSPS) is 11.3. The molecule has 0 aliphatic rings. The maximum atomic E-state index is 6.20. The van der Waals surface area contributed by atoms with Crippen molar-refractivity contribution in [3.8, 4) is 0 Å². The molecule has 4 nitrogen and oxygen atoms in total. The molecule has 0 atom stereocenters. The van der Waals surface area contributed by atoms with Crippen molar-refractivity contribution < 1.29 is 0 Å². The molecule has 108 valence electrons. The third kappa shape index (κ3) is 2.79. The smallest absolute Gasteiger partial charge is 0.152 e. The number of aryl methyl sites for hydroxylation is 1.